The van der Waals surface area contributed by atoms with Crippen molar-refractivity contribution in [3.63, 3.8) is 0 Å². The van der Waals surface area contributed by atoms with Gasteiger partial charge in [0.1, 0.15) is 12.1 Å². The summed E-state index contributed by atoms with van der Waals surface area (Å²) in [4.78, 5) is 8.52. The van der Waals surface area contributed by atoms with Crippen molar-refractivity contribution < 1.29 is 8.42 Å². The molecule has 0 saturated carbocycles. The maximum absolute atomic E-state index is 11.8. The van der Waals surface area contributed by atoms with Crippen LogP contribution in [0.3, 0.4) is 0 Å². The van der Waals surface area contributed by atoms with Gasteiger partial charge >= 0.3 is 0 Å². The van der Waals surface area contributed by atoms with Crippen molar-refractivity contribution in [3.05, 3.63) is 66.0 Å². The molecule has 0 aliphatic carbocycles. The van der Waals surface area contributed by atoms with Crippen molar-refractivity contribution in [2.24, 2.45) is 0 Å². The molecule has 7 heteroatoms. The maximum atomic E-state index is 11.8. The number of rotatable bonds is 6. The zero-order chi connectivity index (χ0) is 17.0. The minimum Gasteiger partial charge on any atom is -0.365 e. The summed E-state index contributed by atoms with van der Waals surface area (Å²) in [6, 6.07) is 15.2. The zero-order valence-electron chi connectivity index (χ0n) is 13.2. The van der Waals surface area contributed by atoms with Crippen molar-refractivity contribution in [1.82, 2.24) is 14.7 Å². The predicted molar refractivity (Wildman–Crippen MR) is 95.0 cm³/mol. The van der Waals surface area contributed by atoms with Gasteiger partial charge in [-0.2, -0.15) is 0 Å². The Morgan fingerprint density at radius 3 is 2.46 bits per heavy atom. The number of nitrogens with zero attached hydrogens (tertiary/aromatic N) is 2. The number of benzene rings is 2. The fourth-order valence-corrected chi connectivity index (χ4v) is 3.31. The molecule has 0 amide bonds. The molecule has 24 heavy (non-hydrogen) atoms. The lowest BCUT2D eigenvalue weighted by atomic mass is 10.1. The van der Waals surface area contributed by atoms with Crippen LogP contribution in [0.25, 0.3) is 10.9 Å². The minimum atomic E-state index is -3.32. The molecule has 124 valence electrons. The van der Waals surface area contributed by atoms with Crippen LogP contribution in [0.15, 0.2) is 54.9 Å². The van der Waals surface area contributed by atoms with Gasteiger partial charge in [0.2, 0.25) is 10.0 Å². The number of sulfonamides is 1. The monoisotopic (exact) mass is 342 g/mol. The molecule has 3 rings (SSSR count). The van der Waals surface area contributed by atoms with Crippen LogP contribution in [0.2, 0.25) is 0 Å². The average molecular weight is 342 g/mol. The van der Waals surface area contributed by atoms with E-state index in [0.717, 1.165) is 27.8 Å². The molecule has 1 aromatic heterocycles. The molecule has 0 spiro atoms. The summed E-state index contributed by atoms with van der Waals surface area (Å²) >= 11 is 0. The third-order valence-electron chi connectivity index (χ3n) is 3.76. The summed E-state index contributed by atoms with van der Waals surface area (Å²) in [6.07, 6.45) is 1.52. The van der Waals surface area contributed by atoms with Crippen LogP contribution >= 0.6 is 0 Å². The van der Waals surface area contributed by atoms with Gasteiger partial charge in [-0.3, -0.25) is 0 Å². The van der Waals surface area contributed by atoms with Gasteiger partial charge in [0, 0.05) is 11.9 Å². The molecule has 3 aromatic rings. The molecule has 0 aliphatic rings. The van der Waals surface area contributed by atoms with Crippen molar-refractivity contribution in [2.75, 3.05) is 12.4 Å². The highest BCUT2D eigenvalue weighted by atomic mass is 32.2. The molecule has 0 aliphatic heterocycles. The highest BCUT2D eigenvalue weighted by molar-refractivity contribution is 7.88. The van der Waals surface area contributed by atoms with Gasteiger partial charge in [-0.1, -0.05) is 36.4 Å². The lowest BCUT2D eigenvalue weighted by Crippen LogP contribution is -2.21. The fraction of sp³-hybridized carbons (Fsp3) is 0.176. The summed E-state index contributed by atoms with van der Waals surface area (Å²) in [5.74, 6) is 0.679. The second-order valence-corrected chi connectivity index (χ2v) is 7.25. The van der Waals surface area contributed by atoms with Crippen molar-refractivity contribution in [2.45, 2.75) is 12.3 Å². The van der Waals surface area contributed by atoms with Crippen LogP contribution in [-0.2, 0) is 22.3 Å². The van der Waals surface area contributed by atoms with Gasteiger partial charge in [-0.15, -0.1) is 0 Å². The Kier molecular flexibility index (Phi) is 4.73. The second kappa shape index (κ2) is 6.94. The normalized spacial score (nSPS) is 11.5. The maximum Gasteiger partial charge on any atom is 0.215 e. The van der Waals surface area contributed by atoms with E-state index in [0.29, 0.717) is 6.54 Å². The Hall–Kier alpha value is -2.51. The molecule has 0 fully saturated rings. The van der Waals surface area contributed by atoms with Crippen LogP contribution in [0.4, 0.5) is 5.82 Å². The van der Waals surface area contributed by atoms with Gasteiger partial charge in [0.15, 0.2) is 0 Å². The molecule has 0 atom stereocenters. The Labute approximate surface area is 141 Å². The van der Waals surface area contributed by atoms with Crippen molar-refractivity contribution in [1.29, 1.82) is 0 Å². The first-order valence-corrected chi connectivity index (χ1v) is 9.16. The number of aromatic nitrogens is 2. The molecule has 0 saturated heterocycles. The Morgan fingerprint density at radius 2 is 1.67 bits per heavy atom. The SMILES string of the molecule is CNS(=O)(=O)Cc1ccccc1CNc1ncnc2ccccc12. The second-order valence-electron chi connectivity index (χ2n) is 5.32. The van der Waals surface area contributed by atoms with E-state index in [1.807, 2.05) is 48.5 Å². The van der Waals surface area contributed by atoms with E-state index in [1.165, 1.54) is 13.4 Å². The van der Waals surface area contributed by atoms with Gasteiger partial charge in [0.25, 0.3) is 0 Å². The van der Waals surface area contributed by atoms with Gasteiger partial charge in [-0.25, -0.2) is 23.1 Å². The van der Waals surface area contributed by atoms with Gasteiger partial charge in [0.05, 0.1) is 11.3 Å². The highest BCUT2D eigenvalue weighted by Crippen LogP contribution is 2.20. The van der Waals surface area contributed by atoms with Gasteiger partial charge in [-0.05, 0) is 30.3 Å². The zero-order valence-corrected chi connectivity index (χ0v) is 14.0. The molecular formula is C17H18N4O2S. The number of fused-ring (bicyclic) bond motifs is 1. The summed E-state index contributed by atoms with van der Waals surface area (Å²) in [6.45, 7) is 0.483. The molecule has 0 bridgehead atoms. The van der Waals surface area contributed by atoms with E-state index in [-0.39, 0.29) is 5.75 Å². The Balaban J connectivity index is 1.84. The topological polar surface area (TPSA) is 84.0 Å². The highest BCUT2D eigenvalue weighted by Gasteiger charge is 2.12. The lowest BCUT2D eigenvalue weighted by Gasteiger charge is -2.12. The lowest BCUT2D eigenvalue weighted by molar-refractivity contribution is 0.587. The molecule has 1 heterocycles. The predicted octanol–water partition coefficient (Wildman–Crippen LogP) is 2.29. The van der Waals surface area contributed by atoms with E-state index in [9.17, 15) is 8.42 Å². The van der Waals surface area contributed by atoms with Crippen LogP contribution < -0.4 is 10.0 Å². The largest absolute Gasteiger partial charge is 0.365 e. The molecule has 0 unspecified atom stereocenters. The molecule has 2 aromatic carbocycles. The van der Waals surface area contributed by atoms with E-state index in [2.05, 4.69) is 20.0 Å². The van der Waals surface area contributed by atoms with Crippen LogP contribution in [0.1, 0.15) is 11.1 Å². The number of para-hydroxylation sites is 1. The minimum absolute atomic E-state index is 0.0497. The molecule has 2 N–H and O–H groups in total. The number of hydrogen-bond donors (Lipinski definition) is 2. The molecular weight excluding hydrogens is 324 g/mol. The first-order valence-electron chi connectivity index (χ1n) is 7.51. The Bertz CT molecular complexity index is 952. The van der Waals surface area contributed by atoms with Crippen LogP contribution in [0, 0.1) is 0 Å². The third kappa shape index (κ3) is 3.69. The smallest absolute Gasteiger partial charge is 0.215 e. The number of anilines is 1. The molecule has 0 radical (unpaired) electrons. The Morgan fingerprint density at radius 1 is 0.958 bits per heavy atom. The van der Waals surface area contributed by atoms with Crippen molar-refractivity contribution >= 4 is 26.7 Å². The third-order valence-corrected chi connectivity index (χ3v) is 5.08. The molecule has 6 nitrogen and oxygen atoms in total. The summed E-state index contributed by atoms with van der Waals surface area (Å²) in [7, 11) is -1.90. The van der Waals surface area contributed by atoms with E-state index in [4.69, 9.17) is 0 Å². The van der Waals surface area contributed by atoms with E-state index >= 15 is 0 Å². The first-order chi connectivity index (χ1) is 11.6. The van der Waals surface area contributed by atoms with Crippen LogP contribution in [0.5, 0.6) is 0 Å². The first kappa shape index (κ1) is 16.4. The van der Waals surface area contributed by atoms with Gasteiger partial charge < -0.3 is 5.32 Å². The standard InChI is InChI=1S/C17H18N4O2S/c1-18-24(22,23)11-14-7-3-2-6-13(14)10-19-17-15-8-4-5-9-16(15)20-12-21-17/h2-9,12,18H,10-11H2,1H3,(H,19,20,21). The summed E-state index contributed by atoms with van der Waals surface area (Å²) in [5, 5.41) is 4.21. The summed E-state index contributed by atoms with van der Waals surface area (Å²) in [5.41, 5.74) is 2.54. The van der Waals surface area contributed by atoms with E-state index in [1.54, 1.807) is 0 Å². The summed E-state index contributed by atoms with van der Waals surface area (Å²) < 4.78 is 26.0. The number of hydrogen-bond acceptors (Lipinski definition) is 5. The fourth-order valence-electron chi connectivity index (χ4n) is 2.47. The van der Waals surface area contributed by atoms with Crippen LogP contribution in [-0.4, -0.2) is 25.4 Å². The van der Waals surface area contributed by atoms with Crippen molar-refractivity contribution in [3.8, 4) is 0 Å². The quantitative estimate of drug-likeness (QED) is 0.718. The average Bonchev–Trinajstić information content (AvgIpc) is 2.61. The number of nitrogens with one attached hydrogen (secondary N) is 2. The van der Waals surface area contributed by atoms with E-state index < -0.39 is 10.0 Å².